The summed E-state index contributed by atoms with van der Waals surface area (Å²) in [5.41, 5.74) is 3.38. The number of anilines is 4. The van der Waals surface area contributed by atoms with Crippen LogP contribution in [0.25, 0.3) is 0 Å². The Balaban J connectivity index is 1.32. The second-order valence-electron chi connectivity index (χ2n) is 7.62. The number of pyridine rings is 1. The Morgan fingerprint density at radius 2 is 2.07 bits per heavy atom. The molecule has 2 N–H and O–H groups in total. The van der Waals surface area contributed by atoms with E-state index in [9.17, 15) is 4.79 Å². The molecule has 2 aliphatic rings. The van der Waals surface area contributed by atoms with Crippen LogP contribution in [0.3, 0.4) is 0 Å². The van der Waals surface area contributed by atoms with E-state index in [1.54, 1.807) is 19.4 Å². The molecule has 8 nitrogen and oxygen atoms in total. The van der Waals surface area contributed by atoms with Crippen LogP contribution < -0.4 is 20.3 Å². The first-order valence-electron chi connectivity index (χ1n) is 10.3. The maximum Gasteiger partial charge on any atom is 0.221 e. The fraction of sp³-hybridized carbons (Fsp3) is 0.455. The molecular weight excluding hydrogens is 384 g/mol. The lowest BCUT2D eigenvalue weighted by atomic mass is 10.1. The van der Waals surface area contributed by atoms with Crippen LogP contribution in [0.4, 0.5) is 22.7 Å². The molecule has 0 radical (unpaired) electrons. The topological polar surface area (TPSA) is 85.0 Å². The van der Waals surface area contributed by atoms with Crippen molar-refractivity contribution in [2.24, 2.45) is 0 Å². The SMILES string of the molecule is COc1cc(Nc2ccc(N3CC(OCC4CCCO4)C3)cc2)c(NC(C)=O)cn1. The summed E-state index contributed by atoms with van der Waals surface area (Å²) >= 11 is 0. The highest BCUT2D eigenvalue weighted by Gasteiger charge is 2.29. The molecule has 2 fully saturated rings. The number of carbonyl (C=O) groups excluding carboxylic acids is 1. The number of amides is 1. The second-order valence-corrected chi connectivity index (χ2v) is 7.62. The Hall–Kier alpha value is -2.84. The van der Waals surface area contributed by atoms with Crippen LogP contribution >= 0.6 is 0 Å². The number of nitrogens with zero attached hydrogens (tertiary/aromatic N) is 2. The normalized spacial score (nSPS) is 18.7. The lowest BCUT2D eigenvalue weighted by Gasteiger charge is -2.41. The minimum absolute atomic E-state index is 0.158. The number of hydrogen-bond acceptors (Lipinski definition) is 7. The first-order chi connectivity index (χ1) is 14.6. The summed E-state index contributed by atoms with van der Waals surface area (Å²) in [4.78, 5) is 17.9. The van der Waals surface area contributed by atoms with Crippen LogP contribution in [0.2, 0.25) is 0 Å². The lowest BCUT2D eigenvalue weighted by molar-refractivity contribution is -0.114. The maximum atomic E-state index is 11.5. The molecule has 1 aromatic carbocycles. The Kier molecular flexibility index (Phi) is 6.35. The Morgan fingerprint density at radius 3 is 2.73 bits per heavy atom. The number of ether oxygens (including phenoxy) is 3. The Labute approximate surface area is 176 Å². The van der Waals surface area contributed by atoms with Crippen LogP contribution in [0.1, 0.15) is 19.8 Å². The van der Waals surface area contributed by atoms with Gasteiger partial charge in [0.2, 0.25) is 11.8 Å². The van der Waals surface area contributed by atoms with Gasteiger partial charge in [-0.25, -0.2) is 4.98 Å². The summed E-state index contributed by atoms with van der Waals surface area (Å²) in [7, 11) is 1.56. The minimum Gasteiger partial charge on any atom is -0.481 e. The molecule has 1 atom stereocenters. The van der Waals surface area contributed by atoms with Crippen LogP contribution in [0.5, 0.6) is 5.88 Å². The summed E-state index contributed by atoms with van der Waals surface area (Å²) in [6.45, 7) is 4.83. The van der Waals surface area contributed by atoms with Crippen molar-refractivity contribution in [1.82, 2.24) is 4.98 Å². The van der Waals surface area contributed by atoms with Crippen molar-refractivity contribution in [2.45, 2.75) is 32.0 Å². The smallest absolute Gasteiger partial charge is 0.221 e. The molecule has 0 aliphatic carbocycles. The minimum atomic E-state index is -0.158. The fourth-order valence-corrected chi connectivity index (χ4v) is 3.63. The van der Waals surface area contributed by atoms with E-state index >= 15 is 0 Å². The molecule has 2 saturated heterocycles. The van der Waals surface area contributed by atoms with Crippen molar-refractivity contribution in [3.8, 4) is 5.88 Å². The number of aromatic nitrogens is 1. The zero-order valence-corrected chi connectivity index (χ0v) is 17.4. The van der Waals surface area contributed by atoms with Gasteiger partial charge in [0.1, 0.15) is 0 Å². The van der Waals surface area contributed by atoms with Crippen molar-refractivity contribution >= 4 is 28.7 Å². The molecule has 160 valence electrons. The number of nitrogens with one attached hydrogen (secondary N) is 2. The molecular formula is C22H28N4O4. The standard InChI is InChI=1S/C22H28N4O4/c1-15(27)24-21-11-23-22(28-2)10-20(21)25-16-5-7-17(8-6-16)26-12-19(13-26)30-14-18-4-3-9-29-18/h5-8,10-11,18-19H,3-4,9,12-14H2,1-2H3,(H,23,25)(H,24,27). The van der Waals surface area contributed by atoms with E-state index in [1.807, 2.05) is 12.1 Å². The van der Waals surface area contributed by atoms with Gasteiger partial charge in [-0.15, -0.1) is 0 Å². The zero-order valence-electron chi connectivity index (χ0n) is 17.4. The van der Waals surface area contributed by atoms with Crippen LogP contribution in [-0.4, -0.2) is 56.5 Å². The van der Waals surface area contributed by atoms with Gasteiger partial charge in [0.05, 0.1) is 43.5 Å². The van der Waals surface area contributed by atoms with E-state index in [-0.39, 0.29) is 18.1 Å². The van der Waals surface area contributed by atoms with Gasteiger partial charge in [-0.05, 0) is 37.1 Å². The molecule has 1 unspecified atom stereocenters. The molecule has 2 aromatic rings. The quantitative estimate of drug-likeness (QED) is 0.689. The van der Waals surface area contributed by atoms with Gasteiger partial charge < -0.3 is 29.7 Å². The van der Waals surface area contributed by atoms with E-state index in [2.05, 4.69) is 32.7 Å². The third-order valence-electron chi connectivity index (χ3n) is 5.30. The molecule has 1 amide bonds. The highest BCUT2D eigenvalue weighted by Crippen LogP contribution is 2.30. The fourth-order valence-electron chi connectivity index (χ4n) is 3.63. The highest BCUT2D eigenvalue weighted by atomic mass is 16.5. The number of rotatable bonds is 8. The predicted molar refractivity (Wildman–Crippen MR) is 116 cm³/mol. The van der Waals surface area contributed by atoms with Crippen molar-refractivity contribution < 1.29 is 19.0 Å². The Morgan fingerprint density at radius 1 is 1.27 bits per heavy atom. The Bertz CT molecular complexity index is 862. The summed E-state index contributed by atoms with van der Waals surface area (Å²) in [5, 5.41) is 6.10. The number of hydrogen-bond donors (Lipinski definition) is 2. The average Bonchev–Trinajstić information content (AvgIpc) is 3.22. The van der Waals surface area contributed by atoms with Crippen LogP contribution in [0.15, 0.2) is 36.5 Å². The lowest BCUT2D eigenvalue weighted by Crippen LogP contribution is -2.53. The number of benzene rings is 1. The molecule has 30 heavy (non-hydrogen) atoms. The van der Waals surface area contributed by atoms with Crippen molar-refractivity contribution in [3.63, 3.8) is 0 Å². The molecule has 0 saturated carbocycles. The monoisotopic (exact) mass is 412 g/mol. The third kappa shape index (κ3) is 5.01. The first kappa shape index (κ1) is 20.4. The van der Waals surface area contributed by atoms with Crippen LogP contribution in [0, 0.1) is 0 Å². The average molecular weight is 412 g/mol. The molecule has 3 heterocycles. The van der Waals surface area contributed by atoms with Gasteiger partial charge >= 0.3 is 0 Å². The molecule has 0 spiro atoms. The zero-order chi connectivity index (χ0) is 20.9. The van der Waals surface area contributed by atoms with E-state index in [0.29, 0.717) is 18.2 Å². The van der Waals surface area contributed by atoms with E-state index < -0.39 is 0 Å². The molecule has 8 heteroatoms. The molecule has 0 bridgehead atoms. The predicted octanol–water partition coefficient (Wildman–Crippen LogP) is 3.18. The number of carbonyl (C=O) groups is 1. The summed E-state index contributed by atoms with van der Waals surface area (Å²) in [6, 6.07) is 9.94. The van der Waals surface area contributed by atoms with Crippen LogP contribution in [-0.2, 0) is 14.3 Å². The molecule has 4 rings (SSSR count). The van der Waals surface area contributed by atoms with Gasteiger partial charge in [0.25, 0.3) is 0 Å². The molecule has 2 aliphatic heterocycles. The van der Waals surface area contributed by atoms with Gasteiger partial charge in [0.15, 0.2) is 0 Å². The summed E-state index contributed by atoms with van der Waals surface area (Å²) in [6.07, 6.45) is 4.38. The van der Waals surface area contributed by atoms with E-state index in [0.717, 1.165) is 49.6 Å². The van der Waals surface area contributed by atoms with E-state index in [4.69, 9.17) is 14.2 Å². The summed E-state index contributed by atoms with van der Waals surface area (Å²) < 4.78 is 16.8. The van der Waals surface area contributed by atoms with Gasteiger partial charge in [-0.2, -0.15) is 0 Å². The van der Waals surface area contributed by atoms with E-state index in [1.165, 1.54) is 6.92 Å². The summed E-state index contributed by atoms with van der Waals surface area (Å²) in [5.74, 6) is 0.312. The molecule has 1 aromatic heterocycles. The second kappa shape index (κ2) is 9.32. The van der Waals surface area contributed by atoms with Crippen molar-refractivity contribution in [1.29, 1.82) is 0 Å². The van der Waals surface area contributed by atoms with Crippen molar-refractivity contribution in [3.05, 3.63) is 36.5 Å². The largest absolute Gasteiger partial charge is 0.481 e. The maximum absolute atomic E-state index is 11.5. The van der Waals surface area contributed by atoms with Gasteiger partial charge in [-0.1, -0.05) is 0 Å². The third-order valence-corrected chi connectivity index (χ3v) is 5.30. The first-order valence-corrected chi connectivity index (χ1v) is 10.3. The number of methoxy groups -OCH3 is 1. The van der Waals surface area contributed by atoms with Crippen molar-refractivity contribution in [2.75, 3.05) is 48.9 Å². The highest BCUT2D eigenvalue weighted by molar-refractivity contribution is 5.93. The van der Waals surface area contributed by atoms with Gasteiger partial charge in [-0.3, -0.25) is 4.79 Å². The van der Waals surface area contributed by atoms with Gasteiger partial charge in [0, 0.05) is 44.1 Å².